The van der Waals surface area contributed by atoms with Gasteiger partial charge in [-0.1, -0.05) is 39.0 Å². The Morgan fingerprint density at radius 3 is 2.42 bits per heavy atom. The van der Waals surface area contributed by atoms with E-state index in [0.29, 0.717) is 23.4 Å². The maximum Gasteiger partial charge on any atom is 0.249 e. The first kappa shape index (κ1) is 30.5. The predicted molar refractivity (Wildman–Crippen MR) is 148 cm³/mol. The number of allylic oxidation sites excluding steroid dienone is 1. The topological polar surface area (TPSA) is 67.9 Å². The minimum Gasteiger partial charge on any atom is -0.495 e. The van der Waals surface area contributed by atoms with Crippen LogP contribution >= 0.6 is 23.2 Å². The third kappa shape index (κ3) is 6.96. The van der Waals surface area contributed by atoms with Crippen LogP contribution in [0.1, 0.15) is 66.9 Å². The number of para-hydroxylation sites is 1. The monoisotopic (exact) mass is 540 g/mol. The molecule has 2 rings (SSSR count). The highest BCUT2D eigenvalue weighted by Gasteiger charge is 2.53. The highest BCUT2D eigenvalue weighted by molar-refractivity contribution is 6.48. The number of nitrogens with one attached hydrogen (secondary N) is 1. The van der Waals surface area contributed by atoms with Gasteiger partial charge in [-0.25, -0.2) is 0 Å². The highest BCUT2D eigenvalue weighted by atomic mass is 35.5. The minimum absolute atomic E-state index is 0.0688. The average molecular weight is 542 g/mol. The molecule has 3 atom stereocenters. The van der Waals surface area contributed by atoms with Gasteiger partial charge in [0.15, 0.2) is 4.87 Å². The first-order valence-corrected chi connectivity index (χ1v) is 13.4. The van der Waals surface area contributed by atoms with Gasteiger partial charge in [-0.2, -0.15) is 0 Å². The number of carbonyl (C=O) groups is 2. The lowest BCUT2D eigenvalue weighted by atomic mass is 9.69. The number of anilines is 1. The van der Waals surface area contributed by atoms with Gasteiger partial charge >= 0.3 is 0 Å². The number of hydrogen-bond donors (Lipinski definition) is 1. The van der Waals surface area contributed by atoms with Crippen molar-refractivity contribution in [2.24, 2.45) is 11.3 Å². The van der Waals surface area contributed by atoms with Crippen molar-refractivity contribution in [1.29, 1.82) is 0 Å². The van der Waals surface area contributed by atoms with Crippen LogP contribution in [0.2, 0.25) is 0 Å². The minimum atomic E-state index is -1.78. The number of benzene rings is 1. The molecule has 202 valence electrons. The van der Waals surface area contributed by atoms with Gasteiger partial charge in [0.25, 0.3) is 0 Å². The van der Waals surface area contributed by atoms with Crippen LogP contribution < -0.4 is 15.0 Å². The maximum atomic E-state index is 14.2. The lowest BCUT2D eigenvalue weighted by Gasteiger charge is -2.42. The van der Waals surface area contributed by atoms with Gasteiger partial charge in [0.05, 0.1) is 18.9 Å². The van der Waals surface area contributed by atoms with E-state index in [4.69, 9.17) is 32.7 Å². The van der Waals surface area contributed by atoms with Crippen molar-refractivity contribution in [3.05, 3.63) is 35.4 Å². The molecule has 1 aliphatic rings. The second-order valence-corrected chi connectivity index (χ2v) is 12.2. The van der Waals surface area contributed by atoms with E-state index >= 15 is 0 Å². The van der Waals surface area contributed by atoms with E-state index in [2.05, 4.69) is 26.1 Å². The maximum absolute atomic E-state index is 14.2. The summed E-state index contributed by atoms with van der Waals surface area (Å²) in [5.41, 5.74) is 1.91. The molecule has 8 heteroatoms. The number of ether oxygens (including phenoxy) is 2. The Balaban J connectivity index is 2.65. The third-order valence-corrected chi connectivity index (χ3v) is 7.56. The van der Waals surface area contributed by atoms with E-state index in [1.165, 1.54) is 4.90 Å². The van der Waals surface area contributed by atoms with Crippen molar-refractivity contribution in [1.82, 2.24) is 5.32 Å². The molecule has 0 bridgehead atoms. The summed E-state index contributed by atoms with van der Waals surface area (Å²) in [5, 5.41) is 1.50. The van der Waals surface area contributed by atoms with Crippen LogP contribution in [0.5, 0.6) is 5.75 Å². The number of alkyl halides is 2. The van der Waals surface area contributed by atoms with E-state index in [9.17, 15) is 9.59 Å². The lowest BCUT2D eigenvalue weighted by molar-refractivity contribution is -0.127. The van der Waals surface area contributed by atoms with Gasteiger partial charge in [-0.15, -0.1) is 23.2 Å². The number of rotatable bonds is 10. The summed E-state index contributed by atoms with van der Waals surface area (Å²) in [5.74, 6) is -0.330. The molecule has 0 aromatic heterocycles. The highest BCUT2D eigenvalue weighted by Crippen LogP contribution is 2.47. The SMILES string of the molecule is COc1cccc(C)c1N(COC(C)C)C(=O)C(Cl)C(Cl)(C(=O)NC(C)C)C1=CC(C)CC(C)(C)C1. The molecule has 1 N–H and O–H groups in total. The zero-order valence-corrected chi connectivity index (χ0v) is 24.6. The van der Waals surface area contributed by atoms with Gasteiger partial charge in [0, 0.05) is 6.04 Å². The van der Waals surface area contributed by atoms with E-state index in [0.717, 1.165) is 12.0 Å². The zero-order chi connectivity index (χ0) is 27.4. The summed E-state index contributed by atoms with van der Waals surface area (Å²) in [4.78, 5) is 27.5. The zero-order valence-electron chi connectivity index (χ0n) is 23.1. The Morgan fingerprint density at radius 2 is 1.89 bits per heavy atom. The molecule has 0 saturated carbocycles. The number of methoxy groups -OCH3 is 1. The van der Waals surface area contributed by atoms with Crippen LogP contribution in [0, 0.1) is 18.3 Å². The fourth-order valence-corrected chi connectivity index (χ4v) is 5.51. The smallest absolute Gasteiger partial charge is 0.249 e. The molecule has 6 nitrogen and oxygen atoms in total. The quantitative estimate of drug-likeness (QED) is 0.217. The van der Waals surface area contributed by atoms with E-state index < -0.39 is 22.1 Å². The van der Waals surface area contributed by atoms with Crippen LogP contribution in [0.3, 0.4) is 0 Å². The molecule has 0 saturated heterocycles. The molecular formula is C28H42Cl2N2O4. The van der Waals surface area contributed by atoms with E-state index in [1.54, 1.807) is 13.2 Å². The van der Waals surface area contributed by atoms with Crippen molar-refractivity contribution in [2.45, 2.75) is 90.6 Å². The number of aryl methyl sites for hydroxylation is 1. The summed E-state index contributed by atoms with van der Waals surface area (Å²) >= 11 is 14.2. The average Bonchev–Trinajstić information content (AvgIpc) is 2.76. The molecule has 1 aliphatic carbocycles. The molecule has 3 unspecified atom stereocenters. The fourth-order valence-electron chi connectivity index (χ4n) is 4.87. The Kier molecular flexibility index (Phi) is 10.3. The number of nitrogens with zero attached hydrogens (tertiary/aromatic N) is 1. The van der Waals surface area contributed by atoms with Crippen LogP contribution in [-0.4, -0.2) is 48.1 Å². The van der Waals surface area contributed by atoms with Crippen molar-refractivity contribution in [3.8, 4) is 5.75 Å². The molecule has 0 fully saturated rings. The summed E-state index contributed by atoms with van der Waals surface area (Å²) in [6, 6.07) is 5.32. The first-order valence-electron chi connectivity index (χ1n) is 12.6. The van der Waals surface area contributed by atoms with Crippen LogP contribution in [0.4, 0.5) is 5.69 Å². The lowest BCUT2D eigenvalue weighted by Crippen LogP contribution is -2.58. The molecule has 0 radical (unpaired) electrons. The Hall–Kier alpha value is -1.76. The van der Waals surface area contributed by atoms with Gasteiger partial charge in [-0.05, 0) is 76.0 Å². The largest absolute Gasteiger partial charge is 0.495 e. The fraction of sp³-hybridized carbons (Fsp3) is 0.643. The number of hydrogen-bond acceptors (Lipinski definition) is 4. The van der Waals surface area contributed by atoms with Gasteiger partial charge < -0.3 is 14.8 Å². The standard InChI is InChI=1S/C28H42Cl2N2O4/c1-17(2)31-26(34)28(30,21-13-19(5)14-27(7,8)15-21)24(29)25(33)32(16-36-18(3)4)23-20(6)11-10-12-22(23)35-9/h10-13,17-19,24H,14-16H2,1-9H3,(H,31,34). The summed E-state index contributed by atoms with van der Waals surface area (Å²) in [6.07, 6.45) is 3.37. The molecule has 0 heterocycles. The molecular weight excluding hydrogens is 499 g/mol. The second kappa shape index (κ2) is 12.2. The molecule has 2 amide bonds. The van der Waals surface area contributed by atoms with Crippen LogP contribution in [-0.2, 0) is 14.3 Å². The van der Waals surface area contributed by atoms with Crippen molar-refractivity contribution >= 4 is 40.7 Å². The summed E-state index contributed by atoms with van der Waals surface area (Å²) in [7, 11) is 1.54. The molecule has 1 aromatic carbocycles. The van der Waals surface area contributed by atoms with Crippen molar-refractivity contribution < 1.29 is 19.1 Å². The van der Waals surface area contributed by atoms with Gasteiger partial charge in [0.1, 0.15) is 17.9 Å². The Bertz CT molecular complexity index is 976. The van der Waals surface area contributed by atoms with Gasteiger partial charge in [0.2, 0.25) is 11.8 Å². The van der Waals surface area contributed by atoms with Gasteiger partial charge in [-0.3, -0.25) is 14.5 Å². The van der Waals surface area contributed by atoms with Crippen molar-refractivity contribution in [2.75, 3.05) is 18.7 Å². The van der Waals surface area contributed by atoms with E-state index in [-0.39, 0.29) is 30.2 Å². The summed E-state index contributed by atoms with van der Waals surface area (Å²) < 4.78 is 11.4. The molecule has 36 heavy (non-hydrogen) atoms. The Morgan fingerprint density at radius 1 is 1.25 bits per heavy atom. The third-order valence-electron chi connectivity index (χ3n) is 6.31. The predicted octanol–water partition coefficient (Wildman–Crippen LogP) is 6.21. The molecule has 0 spiro atoms. The number of halogens is 2. The number of carbonyl (C=O) groups excluding carboxylic acids is 2. The van der Waals surface area contributed by atoms with Crippen LogP contribution in [0.15, 0.2) is 29.8 Å². The van der Waals surface area contributed by atoms with Crippen LogP contribution in [0.25, 0.3) is 0 Å². The second-order valence-electron chi connectivity index (χ2n) is 11.2. The molecule has 1 aromatic rings. The summed E-state index contributed by atoms with van der Waals surface area (Å²) in [6.45, 7) is 15.6. The normalized spacial score (nSPS) is 19.9. The van der Waals surface area contributed by atoms with Crippen molar-refractivity contribution in [3.63, 3.8) is 0 Å². The number of amides is 2. The first-order chi connectivity index (χ1) is 16.6. The Labute approximate surface area is 226 Å². The van der Waals surface area contributed by atoms with E-state index in [1.807, 2.05) is 52.8 Å². The molecule has 0 aliphatic heterocycles.